The van der Waals surface area contributed by atoms with Gasteiger partial charge in [-0.2, -0.15) is 0 Å². The predicted octanol–water partition coefficient (Wildman–Crippen LogP) is 3.31. The highest BCUT2D eigenvalue weighted by molar-refractivity contribution is 5.44. The summed E-state index contributed by atoms with van der Waals surface area (Å²) < 4.78 is 30.1. The lowest BCUT2D eigenvalue weighted by atomic mass is 9.96. The minimum atomic E-state index is -0.289. The highest BCUT2D eigenvalue weighted by Gasteiger charge is 2.25. The van der Waals surface area contributed by atoms with E-state index in [0.717, 1.165) is 29.9 Å². The molecule has 0 radical (unpaired) electrons. The molecule has 24 heavy (non-hydrogen) atoms. The third-order valence-corrected chi connectivity index (χ3v) is 4.26. The molecule has 0 bridgehead atoms. The van der Waals surface area contributed by atoms with Gasteiger partial charge in [-0.3, -0.25) is 0 Å². The van der Waals surface area contributed by atoms with Gasteiger partial charge in [-0.25, -0.2) is 4.39 Å². The Morgan fingerprint density at radius 1 is 1.17 bits per heavy atom. The molecule has 5 heteroatoms. The molecule has 0 aromatic heterocycles. The van der Waals surface area contributed by atoms with E-state index in [-0.39, 0.29) is 17.9 Å². The first-order chi connectivity index (χ1) is 11.7. The SMILES string of the molecule is COc1cccc([C@@H](N[C@@H]2CCOC2)c2cc(F)ccc2OC)c1. The van der Waals surface area contributed by atoms with Crippen molar-refractivity contribution < 1.29 is 18.6 Å². The van der Waals surface area contributed by atoms with Crippen LogP contribution in [0.2, 0.25) is 0 Å². The van der Waals surface area contributed by atoms with Gasteiger partial charge >= 0.3 is 0 Å². The van der Waals surface area contributed by atoms with Crippen LogP contribution in [0, 0.1) is 5.82 Å². The normalized spacial score (nSPS) is 18.4. The highest BCUT2D eigenvalue weighted by Crippen LogP contribution is 2.33. The summed E-state index contributed by atoms with van der Waals surface area (Å²) in [6.07, 6.45) is 0.929. The standard InChI is InChI=1S/C19H22FNO3/c1-22-16-5-3-4-13(10-16)19(21-15-8-9-24-12-15)17-11-14(20)6-7-18(17)23-2/h3-7,10-11,15,19,21H,8-9,12H2,1-2H3/t15-,19-/m1/s1. The third-order valence-electron chi connectivity index (χ3n) is 4.26. The van der Waals surface area contributed by atoms with Crippen molar-refractivity contribution in [2.75, 3.05) is 27.4 Å². The zero-order valence-electron chi connectivity index (χ0n) is 13.9. The van der Waals surface area contributed by atoms with Gasteiger partial charge in [-0.1, -0.05) is 12.1 Å². The van der Waals surface area contributed by atoms with Crippen molar-refractivity contribution in [3.63, 3.8) is 0 Å². The number of hydrogen-bond donors (Lipinski definition) is 1. The topological polar surface area (TPSA) is 39.7 Å². The zero-order valence-corrected chi connectivity index (χ0v) is 13.9. The molecule has 0 unspecified atom stereocenters. The quantitative estimate of drug-likeness (QED) is 0.881. The number of ether oxygens (including phenoxy) is 3. The fourth-order valence-electron chi connectivity index (χ4n) is 3.02. The van der Waals surface area contributed by atoms with Crippen LogP contribution in [-0.4, -0.2) is 33.5 Å². The van der Waals surface area contributed by atoms with Crippen LogP contribution < -0.4 is 14.8 Å². The molecule has 2 aromatic carbocycles. The maximum absolute atomic E-state index is 13.9. The monoisotopic (exact) mass is 331 g/mol. The maximum Gasteiger partial charge on any atom is 0.124 e. The molecule has 1 heterocycles. The highest BCUT2D eigenvalue weighted by atomic mass is 19.1. The minimum absolute atomic E-state index is 0.211. The molecule has 2 aromatic rings. The van der Waals surface area contributed by atoms with Gasteiger partial charge in [0.1, 0.15) is 17.3 Å². The van der Waals surface area contributed by atoms with E-state index in [4.69, 9.17) is 14.2 Å². The van der Waals surface area contributed by atoms with E-state index < -0.39 is 0 Å². The summed E-state index contributed by atoms with van der Waals surface area (Å²) >= 11 is 0. The first kappa shape index (κ1) is 16.7. The van der Waals surface area contributed by atoms with Crippen LogP contribution in [0.3, 0.4) is 0 Å². The average Bonchev–Trinajstić information content (AvgIpc) is 3.13. The van der Waals surface area contributed by atoms with Gasteiger partial charge in [-0.05, 0) is 42.3 Å². The van der Waals surface area contributed by atoms with Gasteiger partial charge in [0.05, 0.1) is 26.9 Å². The predicted molar refractivity (Wildman–Crippen MR) is 90.1 cm³/mol. The molecule has 1 saturated heterocycles. The van der Waals surface area contributed by atoms with Gasteiger partial charge in [0.2, 0.25) is 0 Å². The number of halogens is 1. The Kier molecular flexibility index (Phi) is 5.33. The molecule has 1 fully saturated rings. The van der Waals surface area contributed by atoms with Crippen molar-refractivity contribution in [1.82, 2.24) is 5.32 Å². The molecule has 3 rings (SSSR count). The lowest BCUT2D eigenvalue weighted by Crippen LogP contribution is -2.34. The Labute approximate surface area is 141 Å². The molecule has 1 N–H and O–H groups in total. The summed E-state index contributed by atoms with van der Waals surface area (Å²) in [5.74, 6) is 1.12. The third kappa shape index (κ3) is 3.68. The molecule has 4 nitrogen and oxygen atoms in total. The fourth-order valence-corrected chi connectivity index (χ4v) is 3.02. The molecule has 1 aliphatic heterocycles. The lowest BCUT2D eigenvalue weighted by molar-refractivity contribution is 0.188. The zero-order chi connectivity index (χ0) is 16.9. The average molecular weight is 331 g/mol. The Bertz CT molecular complexity index is 686. The van der Waals surface area contributed by atoms with Crippen molar-refractivity contribution in [2.24, 2.45) is 0 Å². The first-order valence-electron chi connectivity index (χ1n) is 8.02. The van der Waals surface area contributed by atoms with Crippen molar-refractivity contribution in [3.8, 4) is 11.5 Å². The molecular formula is C19H22FNO3. The summed E-state index contributed by atoms with van der Waals surface area (Å²) in [7, 11) is 3.23. The summed E-state index contributed by atoms with van der Waals surface area (Å²) in [5, 5.41) is 3.57. The van der Waals surface area contributed by atoms with Crippen LogP contribution in [0.1, 0.15) is 23.6 Å². The second kappa shape index (κ2) is 7.64. The van der Waals surface area contributed by atoms with Crippen LogP contribution in [0.4, 0.5) is 4.39 Å². The van der Waals surface area contributed by atoms with E-state index in [1.54, 1.807) is 20.3 Å². The number of hydrogen-bond acceptors (Lipinski definition) is 4. The lowest BCUT2D eigenvalue weighted by Gasteiger charge is -2.25. The molecule has 2 atom stereocenters. The van der Waals surface area contributed by atoms with Crippen LogP contribution >= 0.6 is 0 Å². The Balaban J connectivity index is 2.02. The Hall–Kier alpha value is -2.11. The van der Waals surface area contributed by atoms with Crippen LogP contribution in [-0.2, 0) is 4.74 Å². The van der Waals surface area contributed by atoms with Crippen molar-refractivity contribution in [3.05, 3.63) is 59.4 Å². The van der Waals surface area contributed by atoms with Gasteiger partial charge in [0, 0.05) is 18.2 Å². The molecular weight excluding hydrogens is 309 g/mol. The van der Waals surface area contributed by atoms with Crippen molar-refractivity contribution >= 4 is 0 Å². The van der Waals surface area contributed by atoms with E-state index in [1.165, 1.54) is 12.1 Å². The smallest absolute Gasteiger partial charge is 0.124 e. The summed E-state index contributed by atoms with van der Waals surface area (Å²) in [5.41, 5.74) is 1.75. The second-order valence-electron chi connectivity index (χ2n) is 5.82. The molecule has 0 spiro atoms. The maximum atomic E-state index is 13.9. The van der Waals surface area contributed by atoms with Crippen LogP contribution in [0.25, 0.3) is 0 Å². The van der Waals surface area contributed by atoms with Crippen LogP contribution in [0.5, 0.6) is 11.5 Å². The second-order valence-corrected chi connectivity index (χ2v) is 5.82. The van der Waals surface area contributed by atoms with Gasteiger partial charge in [0.25, 0.3) is 0 Å². The Morgan fingerprint density at radius 2 is 2.04 bits per heavy atom. The number of rotatable bonds is 6. The Morgan fingerprint density at radius 3 is 2.75 bits per heavy atom. The van der Waals surface area contributed by atoms with E-state index in [0.29, 0.717) is 12.4 Å². The number of nitrogens with one attached hydrogen (secondary N) is 1. The largest absolute Gasteiger partial charge is 0.497 e. The van der Waals surface area contributed by atoms with E-state index in [1.807, 2.05) is 24.3 Å². The van der Waals surface area contributed by atoms with Crippen molar-refractivity contribution in [2.45, 2.75) is 18.5 Å². The minimum Gasteiger partial charge on any atom is -0.497 e. The summed E-state index contributed by atoms with van der Waals surface area (Å²) in [4.78, 5) is 0. The molecule has 128 valence electrons. The molecule has 1 aliphatic rings. The van der Waals surface area contributed by atoms with E-state index in [9.17, 15) is 4.39 Å². The van der Waals surface area contributed by atoms with E-state index in [2.05, 4.69) is 5.32 Å². The summed E-state index contributed by atoms with van der Waals surface area (Å²) in [6.45, 7) is 1.39. The number of methoxy groups -OCH3 is 2. The number of benzene rings is 2. The van der Waals surface area contributed by atoms with Crippen molar-refractivity contribution in [1.29, 1.82) is 0 Å². The molecule has 0 amide bonds. The van der Waals surface area contributed by atoms with Gasteiger partial charge < -0.3 is 19.5 Å². The van der Waals surface area contributed by atoms with Crippen LogP contribution in [0.15, 0.2) is 42.5 Å². The van der Waals surface area contributed by atoms with E-state index >= 15 is 0 Å². The van der Waals surface area contributed by atoms with Gasteiger partial charge in [0.15, 0.2) is 0 Å². The molecule has 0 aliphatic carbocycles. The molecule has 0 saturated carbocycles. The first-order valence-corrected chi connectivity index (χ1v) is 8.02. The fraction of sp³-hybridized carbons (Fsp3) is 0.368. The summed E-state index contributed by atoms with van der Waals surface area (Å²) in [6, 6.07) is 12.4. The van der Waals surface area contributed by atoms with Gasteiger partial charge in [-0.15, -0.1) is 0 Å².